The van der Waals surface area contributed by atoms with Gasteiger partial charge in [0.15, 0.2) is 5.78 Å². The molecule has 3 fully saturated rings. The van der Waals surface area contributed by atoms with Crippen molar-refractivity contribution in [2.24, 2.45) is 46.3 Å². The highest BCUT2D eigenvalue weighted by atomic mass is 16.1. The van der Waals surface area contributed by atoms with Gasteiger partial charge in [-0.1, -0.05) is 72.1 Å². The van der Waals surface area contributed by atoms with Crippen molar-refractivity contribution in [3.8, 4) is 0 Å². The summed E-state index contributed by atoms with van der Waals surface area (Å²) in [7, 11) is 0. The van der Waals surface area contributed by atoms with Gasteiger partial charge in [-0.3, -0.25) is 4.79 Å². The molecule has 1 heteroatoms. The lowest BCUT2D eigenvalue weighted by Crippen LogP contribution is -2.48. The average Bonchev–Trinajstić information content (AvgIpc) is 3.06. The number of Topliss-reactive ketones (excluding diaryl/α,β-unsaturated/α-hetero) is 1. The molecule has 7 atom stereocenters. The third-order valence-electron chi connectivity index (χ3n) is 10.8. The van der Waals surface area contributed by atoms with Crippen LogP contribution in [0.2, 0.25) is 0 Å². The molecule has 30 heavy (non-hydrogen) atoms. The Labute approximate surface area is 186 Å². The lowest BCUT2D eigenvalue weighted by molar-refractivity contribution is -0.120. The second-order valence-electron chi connectivity index (χ2n) is 12.5. The van der Waals surface area contributed by atoms with E-state index in [2.05, 4.69) is 48.1 Å². The molecule has 0 aromatic rings. The van der Waals surface area contributed by atoms with Gasteiger partial charge in [-0.25, -0.2) is 0 Å². The van der Waals surface area contributed by atoms with Crippen molar-refractivity contribution in [2.45, 2.75) is 106 Å². The number of allylic oxidation sites excluding steroid dienone is 3. The van der Waals surface area contributed by atoms with Gasteiger partial charge in [-0.15, -0.1) is 0 Å². The van der Waals surface area contributed by atoms with Gasteiger partial charge < -0.3 is 0 Å². The largest absolute Gasteiger partial charge is 0.295 e. The van der Waals surface area contributed by atoms with E-state index in [0.29, 0.717) is 23.0 Å². The molecule has 0 N–H and O–H groups in total. The first-order chi connectivity index (χ1) is 14.1. The van der Waals surface area contributed by atoms with Crippen LogP contribution in [0.1, 0.15) is 106 Å². The van der Waals surface area contributed by atoms with Gasteiger partial charge in [-0.05, 0) is 96.9 Å². The topological polar surface area (TPSA) is 17.1 Å². The number of rotatable bonds is 5. The van der Waals surface area contributed by atoms with Crippen molar-refractivity contribution in [1.29, 1.82) is 0 Å². The van der Waals surface area contributed by atoms with Crippen LogP contribution in [-0.4, -0.2) is 5.78 Å². The minimum absolute atomic E-state index is 0.281. The van der Waals surface area contributed by atoms with Crippen LogP contribution in [0.15, 0.2) is 23.3 Å². The van der Waals surface area contributed by atoms with Crippen molar-refractivity contribution in [2.75, 3.05) is 0 Å². The highest BCUT2D eigenvalue weighted by Crippen LogP contribution is 2.66. The van der Waals surface area contributed by atoms with Gasteiger partial charge in [0.05, 0.1) is 0 Å². The molecule has 0 aromatic heterocycles. The minimum Gasteiger partial charge on any atom is -0.295 e. The van der Waals surface area contributed by atoms with E-state index in [9.17, 15) is 4.79 Å². The molecule has 2 unspecified atom stereocenters. The maximum absolute atomic E-state index is 12.3. The van der Waals surface area contributed by atoms with Crippen LogP contribution in [0.4, 0.5) is 0 Å². The normalized spacial score (nSPS) is 40.8. The first-order valence-electron chi connectivity index (χ1n) is 13.0. The summed E-state index contributed by atoms with van der Waals surface area (Å²) in [4.78, 5) is 12.3. The van der Waals surface area contributed by atoms with E-state index in [1.54, 1.807) is 0 Å². The summed E-state index contributed by atoms with van der Waals surface area (Å²) in [6.07, 6.45) is 12.5. The Morgan fingerprint density at radius 3 is 2.37 bits per heavy atom. The molecular formula is C29H46O. The zero-order valence-corrected chi connectivity index (χ0v) is 20.7. The zero-order chi connectivity index (χ0) is 21.8. The van der Waals surface area contributed by atoms with Gasteiger partial charge in [0.1, 0.15) is 0 Å². The number of ketones is 1. The molecular weight excluding hydrogens is 364 g/mol. The third-order valence-corrected chi connectivity index (χ3v) is 10.8. The smallest absolute Gasteiger partial charge is 0.158 e. The fraction of sp³-hybridized carbons (Fsp3) is 0.828. The van der Waals surface area contributed by atoms with E-state index in [1.807, 2.05) is 11.1 Å². The van der Waals surface area contributed by atoms with E-state index in [1.165, 1.54) is 51.4 Å². The second kappa shape index (κ2) is 7.93. The standard InChI is InChI=1S/C29H46O/c1-18(2)19(3)8-9-20(4)23-12-13-25-22-10-11-24-21(5)27(30)15-17-29(24,7)26(22)14-16-28(23,25)6/h18-20,23-24,26H,5,8-17H2,1-4,6-7H3/t19-,20-,23-,24?,26?,28-,29+/m1/s1. The molecule has 0 bridgehead atoms. The van der Waals surface area contributed by atoms with Crippen LogP contribution in [0.3, 0.4) is 0 Å². The Balaban J connectivity index is 1.56. The van der Waals surface area contributed by atoms with E-state index < -0.39 is 0 Å². The van der Waals surface area contributed by atoms with Gasteiger partial charge in [0, 0.05) is 6.42 Å². The molecule has 0 saturated heterocycles. The molecule has 1 nitrogen and oxygen atoms in total. The summed E-state index contributed by atoms with van der Waals surface area (Å²) in [5, 5.41) is 0. The minimum atomic E-state index is 0.281. The van der Waals surface area contributed by atoms with Gasteiger partial charge in [0.2, 0.25) is 0 Å². The van der Waals surface area contributed by atoms with Crippen molar-refractivity contribution < 1.29 is 4.79 Å². The molecule has 0 amide bonds. The van der Waals surface area contributed by atoms with Crippen molar-refractivity contribution in [3.05, 3.63) is 23.3 Å². The summed E-state index contributed by atoms with van der Waals surface area (Å²) in [5.41, 5.74) is 5.39. The Bertz CT molecular complexity index is 741. The highest BCUT2D eigenvalue weighted by Gasteiger charge is 2.56. The molecule has 4 aliphatic rings. The highest BCUT2D eigenvalue weighted by molar-refractivity contribution is 5.96. The van der Waals surface area contributed by atoms with Crippen LogP contribution in [0, 0.1) is 46.3 Å². The fourth-order valence-corrected chi connectivity index (χ4v) is 8.38. The van der Waals surface area contributed by atoms with Gasteiger partial charge >= 0.3 is 0 Å². The van der Waals surface area contributed by atoms with Crippen molar-refractivity contribution in [3.63, 3.8) is 0 Å². The van der Waals surface area contributed by atoms with Crippen molar-refractivity contribution >= 4 is 5.78 Å². The monoisotopic (exact) mass is 410 g/mol. The summed E-state index contributed by atoms with van der Waals surface area (Å²) in [6, 6.07) is 0. The molecule has 0 spiro atoms. The Kier molecular flexibility index (Phi) is 5.91. The summed E-state index contributed by atoms with van der Waals surface area (Å²) < 4.78 is 0. The number of carbonyl (C=O) groups is 1. The molecule has 4 aliphatic carbocycles. The van der Waals surface area contributed by atoms with E-state index in [-0.39, 0.29) is 5.41 Å². The lowest BCUT2D eigenvalue weighted by Gasteiger charge is -2.56. The number of hydrogen-bond donors (Lipinski definition) is 0. The van der Waals surface area contributed by atoms with Crippen LogP contribution in [0.5, 0.6) is 0 Å². The van der Waals surface area contributed by atoms with Crippen molar-refractivity contribution in [1.82, 2.24) is 0 Å². The Hall–Kier alpha value is -0.850. The lowest BCUT2D eigenvalue weighted by atomic mass is 9.48. The average molecular weight is 411 g/mol. The van der Waals surface area contributed by atoms with E-state index in [4.69, 9.17) is 0 Å². The first-order valence-corrected chi connectivity index (χ1v) is 13.0. The van der Waals surface area contributed by atoms with Crippen LogP contribution in [0.25, 0.3) is 0 Å². The Morgan fingerprint density at radius 2 is 1.67 bits per heavy atom. The van der Waals surface area contributed by atoms with Crippen LogP contribution in [-0.2, 0) is 4.79 Å². The molecule has 0 heterocycles. The maximum Gasteiger partial charge on any atom is 0.158 e. The Morgan fingerprint density at radius 1 is 0.933 bits per heavy atom. The third kappa shape index (κ3) is 3.38. The SMILES string of the molecule is C=C1C(=O)CC[C@@]2(C)C1CCC1=C3CC[C@H]([C@H](C)CC[C@@H](C)C(C)C)[C@@]3(C)CCC12. The van der Waals surface area contributed by atoms with E-state index in [0.717, 1.165) is 42.1 Å². The first kappa shape index (κ1) is 22.3. The van der Waals surface area contributed by atoms with Gasteiger partial charge in [0.25, 0.3) is 0 Å². The molecule has 0 radical (unpaired) electrons. The summed E-state index contributed by atoms with van der Waals surface area (Å²) >= 11 is 0. The number of hydrogen-bond acceptors (Lipinski definition) is 1. The molecule has 4 rings (SSSR count). The summed E-state index contributed by atoms with van der Waals surface area (Å²) in [6.45, 7) is 19.1. The zero-order valence-electron chi connectivity index (χ0n) is 20.7. The van der Waals surface area contributed by atoms with Gasteiger partial charge in [-0.2, -0.15) is 0 Å². The predicted octanol–water partition coefficient (Wildman–Crippen LogP) is 8.15. The second-order valence-corrected chi connectivity index (χ2v) is 12.5. The van der Waals surface area contributed by atoms with Crippen LogP contribution < -0.4 is 0 Å². The fourth-order valence-electron chi connectivity index (χ4n) is 8.38. The molecule has 168 valence electrons. The van der Waals surface area contributed by atoms with Crippen LogP contribution >= 0.6 is 0 Å². The molecule has 3 saturated carbocycles. The van der Waals surface area contributed by atoms with E-state index >= 15 is 0 Å². The number of carbonyl (C=O) groups excluding carboxylic acids is 1. The number of fused-ring (bicyclic) bond motifs is 4. The quantitative estimate of drug-likeness (QED) is 0.330. The molecule has 0 aromatic carbocycles. The predicted molar refractivity (Wildman–Crippen MR) is 127 cm³/mol. The molecule has 0 aliphatic heterocycles. The summed E-state index contributed by atoms with van der Waals surface area (Å²) in [5.74, 6) is 4.84. The maximum atomic E-state index is 12.3.